The molecule has 2 atom stereocenters. The van der Waals surface area contributed by atoms with Gasteiger partial charge in [-0.05, 0) is 18.6 Å². The minimum absolute atomic E-state index is 0.182. The molecular weight excluding hydrogens is 247 g/mol. The largest absolute Gasteiger partial charge is 0.346 e. The van der Waals surface area contributed by atoms with E-state index in [1.807, 2.05) is 6.07 Å². The molecule has 2 nitrogen and oxygen atoms in total. The highest BCUT2D eigenvalue weighted by molar-refractivity contribution is 6.35. The van der Waals surface area contributed by atoms with Gasteiger partial charge in [0, 0.05) is 10.6 Å². The molecule has 4 heteroatoms. The molecule has 2 unspecified atom stereocenters. The fraction of sp³-hybridized carbons (Fsp3) is 0.500. The van der Waals surface area contributed by atoms with Crippen LogP contribution in [0, 0.1) is 0 Å². The van der Waals surface area contributed by atoms with Crippen molar-refractivity contribution in [3.05, 3.63) is 33.8 Å². The monoisotopic (exact) mass is 260 g/mol. The Kier molecular flexibility index (Phi) is 4.09. The molecule has 0 aromatic heterocycles. The molecule has 16 heavy (non-hydrogen) atoms. The van der Waals surface area contributed by atoms with Crippen molar-refractivity contribution in [2.75, 3.05) is 6.61 Å². The summed E-state index contributed by atoms with van der Waals surface area (Å²) in [5.74, 6) is 0. The van der Waals surface area contributed by atoms with Gasteiger partial charge in [0.05, 0.1) is 17.7 Å². The van der Waals surface area contributed by atoms with Crippen molar-refractivity contribution in [3.63, 3.8) is 0 Å². The first-order valence-corrected chi connectivity index (χ1v) is 6.18. The zero-order valence-electron chi connectivity index (χ0n) is 9.08. The molecule has 0 saturated carbocycles. The lowest BCUT2D eigenvalue weighted by molar-refractivity contribution is -0.0610. The summed E-state index contributed by atoms with van der Waals surface area (Å²) >= 11 is 11.9. The van der Waals surface area contributed by atoms with Crippen molar-refractivity contribution < 1.29 is 9.47 Å². The Morgan fingerprint density at radius 1 is 1.38 bits per heavy atom. The lowest BCUT2D eigenvalue weighted by Crippen LogP contribution is -2.08. The van der Waals surface area contributed by atoms with E-state index in [0.717, 1.165) is 18.4 Å². The van der Waals surface area contributed by atoms with Crippen molar-refractivity contribution >= 4 is 23.2 Å². The van der Waals surface area contributed by atoms with Crippen LogP contribution in [0.15, 0.2) is 18.2 Å². The third-order valence-electron chi connectivity index (χ3n) is 2.58. The van der Waals surface area contributed by atoms with Gasteiger partial charge < -0.3 is 9.47 Å². The van der Waals surface area contributed by atoms with E-state index in [1.165, 1.54) is 0 Å². The molecule has 0 spiro atoms. The SMILES string of the molecule is CCCC1COC(c2ccc(Cl)cc2Cl)O1. The van der Waals surface area contributed by atoms with Gasteiger partial charge in [0.15, 0.2) is 6.29 Å². The van der Waals surface area contributed by atoms with Crippen LogP contribution in [0.3, 0.4) is 0 Å². The second kappa shape index (κ2) is 5.37. The van der Waals surface area contributed by atoms with E-state index in [1.54, 1.807) is 12.1 Å². The van der Waals surface area contributed by atoms with Gasteiger partial charge in [-0.2, -0.15) is 0 Å². The van der Waals surface area contributed by atoms with E-state index in [9.17, 15) is 0 Å². The van der Waals surface area contributed by atoms with Gasteiger partial charge in [-0.25, -0.2) is 0 Å². The maximum atomic E-state index is 6.09. The van der Waals surface area contributed by atoms with Crippen LogP contribution in [0.2, 0.25) is 10.0 Å². The molecule has 88 valence electrons. The molecule has 0 aliphatic carbocycles. The van der Waals surface area contributed by atoms with Crippen LogP contribution in [0.5, 0.6) is 0 Å². The molecule has 1 aromatic carbocycles. The Morgan fingerprint density at radius 3 is 2.88 bits per heavy atom. The highest BCUT2D eigenvalue weighted by Gasteiger charge is 2.28. The summed E-state index contributed by atoms with van der Waals surface area (Å²) in [4.78, 5) is 0. The number of benzene rings is 1. The minimum atomic E-state index is -0.346. The first-order chi connectivity index (χ1) is 7.70. The van der Waals surface area contributed by atoms with Crippen LogP contribution in [-0.2, 0) is 9.47 Å². The zero-order chi connectivity index (χ0) is 11.5. The number of hydrogen-bond donors (Lipinski definition) is 0. The van der Waals surface area contributed by atoms with E-state index in [2.05, 4.69) is 6.92 Å². The maximum Gasteiger partial charge on any atom is 0.185 e. The molecule has 1 heterocycles. The molecule has 1 aliphatic heterocycles. The predicted octanol–water partition coefficient (Wildman–Crippen LogP) is 4.21. The Hall–Kier alpha value is -0.280. The van der Waals surface area contributed by atoms with E-state index in [4.69, 9.17) is 32.7 Å². The topological polar surface area (TPSA) is 18.5 Å². The molecule has 1 aliphatic rings. The van der Waals surface area contributed by atoms with Crippen LogP contribution < -0.4 is 0 Å². The summed E-state index contributed by atoms with van der Waals surface area (Å²) in [7, 11) is 0. The Labute approximate surface area is 105 Å². The van der Waals surface area contributed by atoms with Crippen molar-refractivity contribution in [1.82, 2.24) is 0 Å². The Bertz CT molecular complexity index is 368. The first kappa shape index (κ1) is 12.2. The molecule has 0 bridgehead atoms. The fourth-order valence-electron chi connectivity index (χ4n) is 1.78. The molecule has 2 rings (SSSR count). The van der Waals surface area contributed by atoms with Gasteiger partial charge in [-0.3, -0.25) is 0 Å². The highest BCUT2D eigenvalue weighted by atomic mass is 35.5. The average Bonchev–Trinajstić information content (AvgIpc) is 2.67. The first-order valence-electron chi connectivity index (χ1n) is 5.42. The van der Waals surface area contributed by atoms with Gasteiger partial charge in [-0.1, -0.05) is 42.6 Å². The van der Waals surface area contributed by atoms with E-state index < -0.39 is 0 Å². The zero-order valence-corrected chi connectivity index (χ0v) is 10.6. The summed E-state index contributed by atoms with van der Waals surface area (Å²) < 4.78 is 11.3. The number of rotatable bonds is 3. The highest BCUT2D eigenvalue weighted by Crippen LogP contribution is 2.34. The summed E-state index contributed by atoms with van der Waals surface area (Å²) in [6.07, 6.45) is 1.94. The third kappa shape index (κ3) is 2.69. The van der Waals surface area contributed by atoms with E-state index >= 15 is 0 Å². The second-order valence-corrected chi connectivity index (χ2v) is 4.72. The quantitative estimate of drug-likeness (QED) is 0.811. The lowest BCUT2D eigenvalue weighted by atomic mass is 10.2. The molecule has 1 fully saturated rings. The summed E-state index contributed by atoms with van der Waals surface area (Å²) in [5.41, 5.74) is 0.852. The number of halogens is 2. The maximum absolute atomic E-state index is 6.09. The van der Waals surface area contributed by atoms with Crippen LogP contribution in [-0.4, -0.2) is 12.7 Å². The van der Waals surface area contributed by atoms with Gasteiger partial charge in [0.1, 0.15) is 0 Å². The fourth-order valence-corrected chi connectivity index (χ4v) is 2.27. The van der Waals surface area contributed by atoms with Gasteiger partial charge in [0.25, 0.3) is 0 Å². The van der Waals surface area contributed by atoms with Crippen LogP contribution in [0.1, 0.15) is 31.6 Å². The third-order valence-corrected chi connectivity index (χ3v) is 3.14. The lowest BCUT2D eigenvalue weighted by Gasteiger charge is -2.12. The normalized spacial score (nSPS) is 24.9. The van der Waals surface area contributed by atoms with Crippen molar-refractivity contribution in [2.24, 2.45) is 0 Å². The second-order valence-electron chi connectivity index (χ2n) is 3.88. The van der Waals surface area contributed by atoms with Gasteiger partial charge in [-0.15, -0.1) is 0 Å². The van der Waals surface area contributed by atoms with Crippen LogP contribution in [0.25, 0.3) is 0 Å². The smallest absolute Gasteiger partial charge is 0.185 e. The Morgan fingerprint density at radius 2 is 2.19 bits per heavy atom. The van der Waals surface area contributed by atoms with Crippen molar-refractivity contribution in [3.8, 4) is 0 Å². The molecular formula is C12H14Cl2O2. The van der Waals surface area contributed by atoms with E-state index in [-0.39, 0.29) is 12.4 Å². The van der Waals surface area contributed by atoms with Crippen molar-refractivity contribution in [2.45, 2.75) is 32.2 Å². The molecule has 0 N–H and O–H groups in total. The predicted molar refractivity (Wildman–Crippen MR) is 64.9 cm³/mol. The molecule has 1 aromatic rings. The average molecular weight is 261 g/mol. The summed E-state index contributed by atoms with van der Waals surface area (Å²) in [6.45, 7) is 2.77. The Balaban J connectivity index is 2.08. The molecule has 0 radical (unpaired) electrons. The van der Waals surface area contributed by atoms with E-state index in [0.29, 0.717) is 16.7 Å². The van der Waals surface area contributed by atoms with Crippen LogP contribution in [0.4, 0.5) is 0 Å². The number of ether oxygens (including phenoxy) is 2. The van der Waals surface area contributed by atoms with Gasteiger partial charge in [0.2, 0.25) is 0 Å². The summed E-state index contributed by atoms with van der Waals surface area (Å²) in [6, 6.07) is 5.35. The molecule has 0 amide bonds. The number of hydrogen-bond acceptors (Lipinski definition) is 2. The minimum Gasteiger partial charge on any atom is -0.346 e. The van der Waals surface area contributed by atoms with Crippen LogP contribution >= 0.6 is 23.2 Å². The summed E-state index contributed by atoms with van der Waals surface area (Å²) in [5, 5.41) is 1.21. The van der Waals surface area contributed by atoms with Crippen molar-refractivity contribution in [1.29, 1.82) is 0 Å². The standard InChI is InChI=1S/C12H14Cl2O2/c1-2-3-9-7-15-12(16-9)10-5-4-8(13)6-11(10)14/h4-6,9,12H,2-3,7H2,1H3. The van der Waals surface area contributed by atoms with Gasteiger partial charge >= 0.3 is 0 Å². The molecule has 1 saturated heterocycles.